The van der Waals surface area contributed by atoms with Crippen LogP contribution in [0.15, 0.2) is 35.5 Å². The Morgan fingerprint density at radius 3 is 2.40 bits per heavy atom. The number of hydrogen-bond acceptors (Lipinski definition) is 4. The number of benzene rings is 1. The smallest absolute Gasteiger partial charge is 0.152 e. The third-order valence-corrected chi connectivity index (χ3v) is 6.47. The second-order valence-corrected chi connectivity index (χ2v) is 11.7. The summed E-state index contributed by atoms with van der Waals surface area (Å²) >= 11 is 0. The molecule has 2 rings (SSSR count). The maximum atomic E-state index is 6.26. The van der Waals surface area contributed by atoms with Crippen molar-refractivity contribution in [3.8, 4) is 5.75 Å². The van der Waals surface area contributed by atoms with Gasteiger partial charge in [0.1, 0.15) is 11.6 Å². The first kappa shape index (κ1) is 39.1. The van der Waals surface area contributed by atoms with E-state index in [0.717, 1.165) is 53.5 Å². The molecule has 0 atom stereocenters. The van der Waals surface area contributed by atoms with Gasteiger partial charge in [-0.15, -0.1) is 5.41 Å². The minimum atomic E-state index is -0.162. The van der Waals surface area contributed by atoms with E-state index in [1.54, 1.807) is 7.11 Å². The normalized spacial score (nSPS) is 12.8. The molecule has 0 amide bonds. The SMILES string of the molecule is C=c1ccn(Cc2ccc(C(C)(C)COCC([CH2-])(C)C)cc2OC)/c1=C(/N=C(/N)CCC)NCCCCC.[W].[Y]. The summed E-state index contributed by atoms with van der Waals surface area (Å²) in [6, 6.07) is 8.49. The minimum absolute atomic E-state index is 0. The maximum absolute atomic E-state index is 6.26. The largest absolute Gasteiger partial charge is 0.496 e. The van der Waals surface area contributed by atoms with Crippen molar-refractivity contribution in [2.45, 2.75) is 85.6 Å². The molecule has 0 aliphatic carbocycles. The number of nitrogens with zero attached hydrogens (tertiary/aromatic N) is 2. The number of nitrogens with one attached hydrogen (secondary N) is 1. The van der Waals surface area contributed by atoms with E-state index in [1.807, 2.05) is 6.07 Å². The van der Waals surface area contributed by atoms with Gasteiger partial charge in [0.05, 0.1) is 25.6 Å². The minimum Gasteiger partial charge on any atom is -0.496 e. The van der Waals surface area contributed by atoms with Gasteiger partial charge in [-0.05, 0) is 35.8 Å². The van der Waals surface area contributed by atoms with E-state index in [-0.39, 0.29) is 64.6 Å². The van der Waals surface area contributed by atoms with Crippen LogP contribution in [0, 0.1) is 12.3 Å². The Kier molecular flexibility index (Phi) is 18.1. The van der Waals surface area contributed by atoms with Gasteiger partial charge in [0, 0.05) is 90.5 Å². The number of aliphatic imine (C=N–C) groups is 1. The van der Waals surface area contributed by atoms with Crippen LogP contribution in [0.1, 0.15) is 84.8 Å². The molecule has 0 fully saturated rings. The number of nitrogens with two attached hydrogens (primary N) is 1. The molecular weight excluding hydrogens is 745 g/mol. The van der Waals surface area contributed by atoms with E-state index in [4.69, 9.17) is 20.2 Å². The molecule has 0 aliphatic rings. The predicted molar refractivity (Wildman–Crippen MR) is 162 cm³/mol. The van der Waals surface area contributed by atoms with Crippen LogP contribution >= 0.6 is 0 Å². The van der Waals surface area contributed by atoms with Crippen molar-refractivity contribution in [2.75, 3.05) is 26.9 Å². The van der Waals surface area contributed by atoms with Crippen molar-refractivity contribution in [3.63, 3.8) is 0 Å². The van der Waals surface area contributed by atoms with Gasteiger partial charge < -0.3 is 32.0 Å². The first-order valence-corrected chi connectivity index (χ1v) is 14.0. The van der Waals surface area contributed by atoms with Gasteiger partial charge in [-0.3, -0.25) is 0 Å². The molecule has 1 aromatic carbocycles. The summed E-state index contributed by atoms with van der Waals surface area (Å²) in [6.45, 7) is 24.0. The summed E-state index contributed by atoms with van der Waals surface area (Å²) < 4.78 is 14.0. The first-order valence-electron chi connectivity index (χ1n) is 14.0. The number of ether oxygens (including phenoxy) is 2. The monoisotopic (exact) mass is 796 g/mol. The number of unbranched alkanes of at least 4 members (excludes halogenated alkanes) is 2. The average Bonchev–Trinajstić information content (AvgIpc) is 3.20. The van der Waals surface area contributed by atoms with Crippen LogP contribution in [-0.4, -0.2) is 37.3 Å². The van der Waals surface area contributed by atoms with Crippen molar-refractivity contribution in [3.05, 3.63) is 59.1 Å². The van der Waals surface area contributed by atoms with Gasteiger partial charge in [-0.2, -0.15) is 0 Å². The fourth-order valence-corrected chi connectivity index (χ4v) is 4.30. The Bertz CT molecular complexity index is 1170. The summed E-state index contributed by atoms with van der Waals surface area (Å²) in [7, 11) is 1.73. The van der Waals surface area contributed by atoms with Crippen molar-refractivity contribution < 1.29 is 63.2 Å². The van der Waals surface area contributed by atoms with Gasteiger partial charge in [-0.25, -0.2) is 4.99 Å². The summed E-state index contributed by atoms with van der Waals surface area (Å²) in [5, 5.41) is 5.41. The second kappa shape index (κ2) is 18.6. The average molecular weight is 797 g/mol. The topological polar surface area (TPSA) is 73.8 Å². The standard InChI is InChI=1S/C32H51N4O2.W.Y/c1-10-12-13-18-34-30(35-28(33)14-11-2)29-24(3)17-19-36(29)21-25-15-16-26(20-27(25)37-9)32(7,8)23-38-22-31(4,5)6;;/h15-17,19-20,34H,3-4,10-14,18,21-23H2,1-2,5-9H3,(H2,33,35);;/q-1;;/b30-29+;;. The van der Waals surface area contributed by atoms with E-state index in [0.29, 0.717) is 25.6 Å². The van der Waals surface area contributed by atoms with Crippen molar-refractivity contribution in [2.24, 2.45) is 16.1 Å². The molecule has 221 valence electrons. The number of methoxy groups -OCH3 is 1. The van der Waals surface area contributed by atoms with Crippen LogP contribution in [0.25, 0.3) is 12.4 Å². The van der Waals surface area contributed by atoms with Crippen LogP contribution in [0.3, 0.4) is 0 Å². The molecule has 6 nitrogen and oxygen atoms in total. The molecular formula is C32H51N4O2WY-. The van der Waals surface area contributed by atoms with Gasteiger partial charge in [0.15, 0.2) is 5.82 Å². The molecule has 1 heterocycles. The van der Waals surface area contributed by atoms with Crippen molar-refractivity contribution in [1.82, 2.24) is 9.88 Å². The second-order valence-electron chi connectivity index (χ2n) is 11.7. The molecule has 1 aromatic heterocycles. The van der Waals surface area contributed by atoms with Crippen LogP contribution in [0.5, 0.6) is 5.75 Å². The van der Waals surface area contributed by atoms with E-state index in [9.17, 15) is 0 Å². The Morgan fingerprint density at radius 2 is 1.80 bits per heavy atom. The third kappa shape index (κ3) is 12.5. The molecule has 0 saturated heterocycles. The van der Waals surface area contributed by atoms with Crippen LogP contribution in [0.2, 0.25) is 0 Å². The van der Waals surface area contributed by atoms with Crippen LogP contribution < -0.4 is 26.4 Å². The molecule has 1 radical (unpaired) electrons. The van der Waals surface area contributed by atoms with E-state index in [2.05, 4.69) is 89.3 Å². The van der Waals surface area contributed by atoms with Crippen LogP contribution in [0.4, 0.5) is 0 Å². The van der Waals surface area contributed by atoms with Gasteiger partial charge in [0.2, 0.25) is 0 Å². The zero-order valence-corrected chi connectivity index (χ0v) is 31.7. The predicted octanol–water partition coefficient (Wildman–Crippen LogP) is 5.11. The zero-order chi connectivity index (χ0) is 28.3. The Balaban J connectivity index is 0.00000760. The molecule has 0 unspecified atom stereocenters. The van der Waals surface area contributed by atoms with E-state index < -0.39 is 0 Å². The Labute approximate surface area is 282 Å². The number of aromatic nitrogens is 1. The molecule has 0 bridgehead atoms. The molecule has 3 N–H and O–H groups in total. The number of hydrogen-bond donors (Lipinski definition) is 2. The molecule has 8 heteroatoms. The summed E-state index contributed by atoms with van der Waals surface area (Å²) in [4.78, 5) is 4.79. The van der Waals surface area contributed by atoms with Crippen molar-refractivity contribution >= 4 is 18.2 Å². The third-order valence-electron chi connectivity index (χ3n) is 6.47. The number of rotatable bonds is 16. The molecule has 0 spiro atoms. The Morgan fingerprint density at radius 1 is 1.10 bits per heavy atom. The van der Waals surface area contributed by atoms with Gasteiger partial charge >= 0.3 is 0 Å². The summed E-state index contributed by atoms with van der Waals surface area (Å²) in [6.07, 6.45) is 7.19. The molecule has 2 aromatic rings. The number of amidine groups is 1. The van der Waals surface area contributed by atoms with Crippen molar-refractivity contribution in [1.29, 1.82) is 0 Å². The first-order chi connectivity index (χ1) is 17.9. The summed E-state index contributed by atoms with van der Waals surface area (Å²) in [5.74, 6) is 2.26. The molecule has 40 heavy (non-hydrogen) atoms. The maximum Gasteiger partial charge on any atom is 0.152 e. The van der Waals surface area contributed by atoms with Crippen LogP contribution in [-0.2, 0) is 70.5 Å². The fraction of sp³-hybridized carbons (Fsp3) is 0.562. The van der Waals surface area contributed by atoms with Gasteiger partial charge in [-0.1, -0.05) is 73.1 Å². The molecule has 0 saturated carbocycles. The quantitative estimate of drug-likeness (QED) is 0.107. The Hall–Kier alpha value is -0.938. The summed E-state index contributed by atoms with van der Waals surface area (Å²) in [5.41, 5.74) is 8.25. The molecule has 0 aliphatic heterocycles. The van der Waals surface area contributed by atoms with E-state index >= 15 is 0 Å². The van der Waals surface area contributed by atoms with Gasteiger partial charge in [0.25, 0.3) is 0 Å². The van der Waals surface area contributed by atoms with E-state index in [1.165, 1.54) is 18.4 Å². The zero-order valence-electron chi connectivity index (χ0n) is 25.9. The fourth-order valence-electron chi connectivity index (χ4n) is 4.30.